The number of benzene rings is 2. The molecule has 3 nitrogen and oxygen atoms in total. The number of anilines is 2. The fourth-order valence-electron chi connectivity index (χ4n) is 2.63. The topological polar surface area (TPSA) is 32.3 Å². The average molecular weight is 320 g/mol. The highest BCUT2D eigenvalue weighted by Gasteiger charge is 2.19. The van der Waals surface area contributed by atoms with Crippen molar-refractivity contribution in [1.82, 2.24) is 0 Å². The minimum atomic E-state index is -1.65. The van der Waals surface area contributed by atoms with Gasteiger partial charge in [-0.1, -0.05) is 0 Å². The molecule has 0 aliphatic carbocycles. The van der Waals surface area contributed by atoms with E-state index in [1.54, 1.807) is 12.1 Å². The molecule has 0 unspecified atom stereocenters. The van der Waals surface area contributed by atoms with Crippen molar-refractivity contribution in [1.29, 1.82) is 0 Å². The van der Waals surface area contributed by atoms with E-state index >= 15 is 0 Å². The van der Waals surface area contributed by atoms with Crippen LogP contribution in [0.3, 0.4) is 0 Å². The number of rotatable bonds is 3. The molecule has 1 saturated heterocycles. The molecule has 0 radical (unpaired) electrons. The Balaban J connectivity index is 1.74. The van der Waals surface area contributed by atoms with Crippen LogP contribution in [0.25, 0.3) is 0 Å². The zero-order valence-corrected chi connectivity index (χ0v) is 12.3. The first kappa shape index (κ1) is 15.4. The second-order valence-electron chi connectivity index (χ2n) is 5.42. The van der Waals surface area contributed by atoms with E-state index in [0.717, 1.165) is 43.8 Å². The van der Waals surface area contributed by atoms with Crippen molar-refractivity contribution in [3.63, 3.8) is 0 Å². The predicted molar refractivity (Wildman–Crippen MR) is 82.2 cm³/mol. The van der Waals surface area contributed by atoms with Crippen molar-refractivity contribution in [3.05, 3.63) is 59.4 Å². The molecule has 2 aromatic carbocycles. The molecule has 6 heteroatoms. The summed E-state index contributed by atoms with van der Waals surface area (Å²) in [5.74, 6) is -5.29. The Morgan fingerprint density at radius 1 is 0.913 bits per heavy atom. The van der Waals surface area contributed by atoms with Crippen molar-refractivity contribution < 1.29 is 18.0 Å². The van der Waals surface area contributed by atoms with Crippen LogP contribution in [0, 0.1) is 17.5 Å². The minimum Gasteiger partial charge on any atom is -0.372 e. The van der Waals surface area contributed by atoms with Crippen LogP contribution in [0.2, 0.25) is 0 Å². The SMILES string of the molecule is O=C(Nc1ccc(N2CCCC2)cc1)c1ccc(F)c(F)c1F. The lowest BCUT2D eigenvalue weighted by molar-refractivity contribution is 0.102. The zero-order valence-electron chi connectivity index (χ0n) is 12.3. The van der Waals surface area contributed by atoms with Gasteiger partial charge in [-0.2, -0.15) is 0 Å². The number of halogens is 3. The molecule has 1 amide bonds. The summed E-state index contributed by atoms with van der Waals surface area (Å²) in [6.45, 7) is 2.01. The molecule has 0 bridgehead atoms. The van der Waals surface area contributed by atoms with Gasteiger partial charge in [0.15, 0.2) is 17.5 Å². The highest BCUT2D eigenvalue weighted by molar-refractivity contribution is 6.04. The normalized spacial score (nSPS) is 14.1. The summed E-state index contributed by atoms with van der Waals surface area (Å²) in [6, 6.07) is 8.77. The summed E-state index contributed by atoms with van der Waals surface area (Å²) >= 11 is 0. The van der Waals surface area contributed by atoms with Crippen LogP contribution < -0.4 is 10.2 Å². The van der Waals surface area contributed by atoms with Crippen molar-refractivity contribution in [2.75, 3.05) is 23.3 Å². The Morgan fingerprint density at radius 2 is 1.57 bits per heavy atom. The summed E-state index contributed by atoms with van der Waals surface area (Å²) in [5, 5.41) is 2.48. The first-order valence-electron chi connectivity index (χ1n) is 7.36. The molecule has 0 aromatic heterocycles. The lowest BCUT2D eigenvalue weighted by Crippen LogP contribution is -2.18. The second kappa shape index (κ2) is 6.32. The Kier molecular flexibility index (Phi) is 4.23. The largest absolute Gasteiger partial charge is 0.372 e. The van der Waals surface area contributed by atoms with Gasteiger partial charge in [-0.05, 0) is 49.2 Å². The first-order chi connectivity index (χ1) is 11.1. The summed E-state index contributed by atoms with van der Waals surface area (Å²) in [5.41, 5.74) is 0.981. The van der Waals surface area contributed by atoms with E-state index in [1.807, 2.05) is 12.1 Å². The van der Waals surface area contributed by atoms with E-state index in [4.69, 9.17) is 0 Å². The van der Waals surface area contributed by atoms with E-state index in [-0.39, 0.29) is 0 Å². The quantitative estimate of drug-likeness (QED) is 0.868. The van der Waals surface area contributed by atoms with Crippen LogP contribution in [-0.2, 0) is 0 Å². The molecular formula is C17H15F3N2O. The van der Waals surface area contributed by atoms with Gasteiger partial charge in [-0.3, -0.25) is 4.79 Å². The summed E-state index contributed by atoms with van der Waals surface area (Å²) < 4.78 is 39.7. The van der Waals surface area contributed by atoms with Crippen LogP contribution >= 0.6 is 0 Å². The molecule has 1 N–H and O–H groups in total. The number of carbonyl (C=O) groups is 1. The van der Waals surface area contributed by atoms with Gasteiger partial charge >= 0.3 is 0 Å². The van der Waals surface area contributed by atoms with Crippen molar-refractivity contribution in [2.24, 2.45) is 0 Å². The van der Waals surface area contributed by atoms with Gasteiger partial charge < -0.3 is 10.2 Å². The lowest BCUT2D eigenvalue weighted by Gasteiger charge is -2.17. The van der Waals surface area contributed by atoms with Gasteiger partial charge in [0.1, 0.15) is 0 Å². The summed E-state index contributed by atoms with van der Waals surface area (Å²) in [6.07, 6.45) is 2.32. The van der Waals surface area contributed by atoms with Gasteiger partial charge in [0.05, 0.1) is 5.56 Å². The number of amides is 1. The molecule has 0 saturated carbocycles. The summed E-state index contributed by atoms with van der Waals surface area (Å²) in [4.78, 5) is 14.2. The van der Waals surface area contributed by atoms with Crippen LogP contribution in [0.15, 0.2) is 36.4 Å². The molecule has 120 valence electrons. The third kappa shape index (κ3) is 3.16. The molecule has 0 atom stereocenters. The second-order valence-corrected chi connectivity index (χ2v) is 5.42. The molecule has 3 rings (SSSR count). The maximum Gasteiger partial charge on any atom is 0.258 e. The number of nitrogens with zero attached hydrogens (tertiary/aromatic N) is 1. The molecule has 1 aliphatic heterocycles. The molecule has 0 spiro atoms. The Labute approximate surface area is 131 Å². The van der Waals surface area contributed by atoms with Gasteiger partial charge in [-0.25, -0.2) is 13.2 Å². The number of hydrogen-bond acceptors (Lipinski definition) is 2. The average Bonchev–Trinajstić information content (AvgIpc) is 3.08. The maximum absolute atomic E-state index is 13.6. The number of hydrogen-bond donors (Lipinski definition) is 1. The van der Waals surface area contributed by atoms with E-state index in [2.05, 4.69) is 10.2 Å². The van der Waals surface area contributed by atoms with Crippen molar-refractivity contribution in [2.45, 2.75) is 12.8 Å². The molecule has 1 heterocycles. The minimum absolute atomic E-state index is 0.460. The fraction of sp³-hybridized carbons (Fsp3) is 0.235. The smallest absolute Gasteiger partial charge is 0.258 e. The van der Waals surface area contributed by atoms with Crippen molar-refractivity contribution >= 4 is 17.3 Å². The number of carbonyl (C=O) groups excluding carboxylic acids is 1. The van der Waals surface area contributed by atoms with Gasteiger partial charge in [-0.15, -0.1) is 0 Å². The van der Waals surface area contributed by atoms with Crippen LogP contribution in [0.1, 0.15) is 23.2 Å². The standard InChI is InChI=1S/C17H15F3N2O/c18-14-8-7-13(15(19)16(14)20)17(23)21-11-3-5-12(6-4-11)22-9-1-2-10-22/h3-8H,1-2,9-10H2,(H,21,23). The first-order valence-corrected chi connectivity index (χ1v) is 7.36. The Hall–Kier alpha value is -2.50. The molecule has 1 fully saturated rings. The van der Waals surface area contributed by atoms with Crippen LogP contribution in [-0.4, -0.2) is 19.0 Å². The predicted octanol–water partition coefficient (Wildman–Crippen LogP) is 3.96. The van der Waals surface area contributed by atoms with E-state index in [1.165, 1.54) is 0 Å². The van der Waals surface area contributed by atoms with E-state index in [0.29, 0.717) is 5.69 Å². The molecule has 23 heavy (non-hydrogen) atoms. The van der Waals surface area contributed by atoms with Crippen LogP contribution in [0.4, 0.5) is 24.5 Å². The molecule has 2 aromatic rings. The fourth-order valence-corrected chi connectivity index (χ4v) is 2.63. The van der Waals surface area contributed by atoms with E-state index < -0.39 is 28.9 Å². The Morgan fingerprint density at radius 3 is 2.22 bits per heavy atom. The highest BCUT2D eigenvalue weighted by atomic mass is 19.2. The highest BCUT2D eigenvalue weighted by Crippen LogP contribution is 2.23. The Bertz CT molecular complexity index is 725. The monoisotopic (exact) mass is 320 g/mol. The van der Waals surface area contributed by atoms with E-state index in [9.17, 15) is 18.0 Å². The van der Waals surface area contributed by atoms with Gasteiger partial charge in [0.2, 0.25) is 0 Å². The zero-order chi connectivity index (χ0) is 16.4. The molecule has 1 aliphatic rings. The third-order valence-electron chi connectivity index (χ3n) is 3.88. The van der Waals surface area contributed by atoms with Gasteiger partial charge in [0.25, 0.3) is 5.91 Å². The van der Waals surface area contributed by atoms with Crippen molar-refractivity contribution in [3.8, 4) is 0 Å². The molecular weight excluding hydrogens is 305 g/mol. The van der Waals surface area contributed by atoms with Gasteiger partial charge in [0, 0.05) is 24.5 Å². The lowest BCUT2D eigenvalue weighted by atomic mass is 10.1. The third-order valence-corrected chi connectivity index (χ3v) is 3.88. The van der Waals surface area contributed by atoms with Crippen LogP contribution in [0.5, 0.6) is 0 Å². The maximum atomic E-state index is 13.6. The summed E-state index contributed by atoms with van der Waals surface area (Å²) in [7, 11) is 0. The number of nitrogens with one attached hydrogen (secondary N) is 1.